The van der Waals surface area contributed by atoms with Crippen LogP contribution >= 0.6 is 0 Å². The maximum absolute atomic E-state index is 11.6. The standard InChI is InChI=1S/C14H18O4/c1-4-16-12(3)10-11(2)14(15)18-17-13-8-6-5-7-9-13/h5-10,12H,4H2,1-3H3. The van der Waals surface area contributed by atoms with E-state index in [-0.39, 0.29) is 6.10 Å². The van der Waals surface area contributed by atoms with Crippen LogP contribution in [0.15, 0.2) is 42.0 Å². The quantitative estimate of drug-likeness (QED) is 0.442. The van der Waals surface area contributed by atoms with Crippen molar-refractivity contribution in [2.75, 3.05) is 6.61 Å². The molecule has 0 fully saturated rings. The molecule has 0 aromatic heterocycles. The van der Waals surface area contributed by atoms with Gasteiger partial charge in [0.1, 0.15) is 0 Å². The molecular weight excluding hydrogens is 232 g/mol. The Morgan fingerprint density at radius 3 is 2.61 bits per heavy atom. The minimum Gasteiger partial charge on any atom is -0.375 e. The van der Waals surface area contributed by atoms with Crippen molar-refractivity contribution in [2.24, 2.45) is 0 Å². The van der Waals surface area contributed by atoms with Crippen LogP contribution in [0.2, 0.25) is 0 Å². The summed E-state index contributed by atoms with van der Waals surface area (Å²) in [6.45, 7) is 6.02. The Hall–Kier alpha value is -1.81. The molecule has 0 heterocycles. The lowest BCUT2D eigenvalue weighted by Crippen LogP contribution is -2.12. The first-order valence-electron chi connectivity index (χ1n) is 5.87. The summed E-state index contributed by atoms with van der Waals surface area (Å²) in [6, 6.07) is 8.85. The van der Waals surface area contributed by atoms with Gasteiger partial charge in [0.25, 0.3) is 0 Å². The fourth-order valence-electron chi connectivity index (χ4n) is 1.36. The second-order valence-electron chi connectivity index (χ2n) is 3.78. The first-order valence-corrected chi connectivity index (χ1v) is 5.87. The van der Waals surface area contributed by atoms with Crippen molar-refractivity contribution < 1.29 is 19.3 Å². The van der Waals surface area contributed by atoms with Crippen LogP contribution in [-0.4, -0.2) is 18.7 Å². The Morgan fingerprint density at radius 1 is 1.33 bits per heavy atom. The van der Waals surface area contributed by atoms with Gasteiger partial charge < -0.3 is 4.74 Å². The van der Waals surface area contributed by atoms with E-state index < -0.39 is 5.97 Å². The van der Waals surface area contributed by atoms with Gasteiger partial charge in [0.2, 0.25) is 0 Å². The van der Waals surface area contributed by atoms with Gasteiger partial charge in [-0.05, 0) is 39.0 Å². The summed E-state index contributed by atoms with van der Waals surface area (Å²) in [5.74, 6) is -0.0399. The molecule has 0 amide bonds. The molecular formula is C14H18O4. The van der Waals surface area contributed by atoms with Crippen LogP contribution in [0, 0.1) is 0 Å². The fourth-order valence-corrected chi connectivity index (χ4v) is 1.36. The predicted octanol–water partition coefficient (Wildman–Crippen LogP) is 2.89. The highest BCUT2D eigenvalue weighted by Crippen LogP contribution is 2.10. The Balaban J connectivity index is 2.45. The average molecular weight is 250 g/mol. The van der Waals surface area contributed by atoms with Gasteiger partial charge in [-0.3, -0.25) is 4.89 Å². The smallest absolute Gasteiger partial charge is 0.375 e. The van der Waals surface area contributed by atoms with E-state index in [4.69, 9.17) is 14.5 Å². The summed E-state index contributed by atoms with van der Waals surface area (Å²) in [6.07, 6.45) is 1.57. The molecule has 0 saturated carbocycles. The topological polar surface area (TPSA) is 44.8 Å². The number of carbonyl (C=O) groups excluding carboxylic acids is 1. The molecule has 1 rings (SSSR count). The van der Waals surface area contributed by atoms with Crippen molar-refractivity contribution in [1.29, 1.82) is 0 Å². The van der Waals surface area contributed by atoms with E-state index in [1.54, 1.807) is 37.3 Å². The van der Waals surface area contributed by atoms with Crippen molar-refractivity contribution in [3.05, 3.63) is 42.0 Å². The highest BCUT2D eigenvalue weighted by Gasteiger charge is 2.09. The van der Waals surface area contributed by atoms with E-state index in [1.165, 1.54) is 0 Å². The number of hydrogen-bond acceptors (Lipinski definition) is 4. The molecule has 0 aliphatic rings. The average Bonchev–Trinajstić information content (AvgIpc) is 2.37. The molecule has 1 aromatic carbocycles. The molecule has 0 radical (unpaired) electrons. The molecule has 0 aliphatic carbocycles. The molecule has 0 spiro atoms. The maximum atomic E-state index is 11.6. The largest absolute Gasteiger partial charge is 0.381 e. The number of para-hydroxylation sites is 1. The summed E-state index contributed by atoms with van der Waals surface area (Å²) in [7, 11) is 0. The summed E-state index contributed by atoms with van der Waals surface area (Å²) >= 11 is 0. The highest BCUT2D eigenvalue weighted by molar-refractivity contribution is 5.87. The van der Waals surface area contributed by atoms with Crippen LogP contribution < -0.4 is 4.89 Å². The normalized spacial score (nSPS) is 12.9. The Kier molecular flexibility index (Phi) is 5.94. The molecule has 0 saturated heterocycles. The Morgan fingerprint density at radius 2 is 2.00 bits per heavy atom. The van der Waals surface area contributed by atoms with E-state index in [2.05, 4.69) is 0 Å². The van der Waals surface area contributed by atoms with Crippen molar-refractivity contribution in [3.63, 3.8) is 0 Å². The number of benzene rings is 1. The molecule has 4 nitrogen and oxygen atoms in total. The van der Waals surface area contributed by atoms with Gasteiger partial charge in [0.05, 0.1) is 6.10 Å². The third-order valence-electron chi connectivity index (χ3n) is 2.19. The van der Waals surface area contributed by atoms with E-state index in [1.807, 2.05) is 19.9 Å². The maximum Gasteiger partial charge on any atom is 0.381 e. The number of ether oxygens (including phenoxy) is 1. The monoisotopic (exact) mass is 250 g/mol. The molecule has 98 valence electrons. The fraction of sp³-hybridized carbons (Fsp3) is 0.357. The van der Waals surface area contributed by atoms with Crippen LogP contribution in [0.4, 0.5) is 0 Å². The summed E-state index contributed by atoms with van der Waals surface area (Å²) in [4.78, 5) is 21.2. The molecule has 0 bridgehead atoms. The second-order valence-corrected chi connectivity index (χ2v) is 3.78. The molecule has 0 N–H and O–H groups in total. The molecule has 18 heavy (non-hydrogen) atoms. The van der Waals surface area contributed by atoms with Crippen molar-refractivity contribution in [2.45, 2.75) is 26.9 Å². The van der Waals surface area contributed by atoms with E-state index >= 15 is 0 Å². The zero-order valence-corrected chi connectivity index (χ0v) is 10.9. The lowest BCUT2D eigenvalue weighted by molar-refractivity contribution is -0.208. The number of hydrogen-bond donors (Lipinski definition) is 0. The molecule has 1 unspecified atom stereocenters. The predicted molar refractivity (Wildman–Crippen MR) is 68.0 cm³/mol. The second kappa shape index (κ2) is 7.50. The van der Waals surface area contributed by atoms with Crippen LogP contribution in [0.3, 0.4) is 0 Å². The first kappa shape index (κ1) is 14.3. The van der Waals surface area contributed by atoms with Crippen LogP contribution in [0.25, 0.3) is 0 Å². The molecule has 4 heteroatoms. The number of rotatable bonds is 6. The van der Waals surface area contributed by atoms with Crippen LogP contribution in [0.5, 0.6) is 5.75 Å². The lowest BCUT2D eigenvalue weighted by Gasteiger charge is -2.08. The van der Waals surface area contributed by atoms with Gasteiger partial charge in [-0.1, -0.05) is 18.2 Å². The minimum atomic E-state index is -0.523. The van der Waals surface area contributed by atoms with Crippen LogP contribution in [-0.2, 0) is 14.4 Å². The molecule has 0 aliphatic heterocycles. The van der Waals surface area contributed by atoms with Crippen LogP contribution in [0.1, 0.15) is 20.8 Å². The SMILES string of the molecule is CCOC(C)C=C(C)C(=O)OOc1ccccc1. The third-order valence-corrected chi connectivity index (χ3v) is 2.19. The third kappa shape index (κ3) is 5.01. The summed E-state index contributed by atoms with van der Waals surface area (Å²) in [5, 5.41) is 0. The van der Waals surface area contributed by atoms with Gasteiger partial charge in [-0.2, -0.15) is 0 Å². The number of carbonyl (C=O) groups is 1. The zero-order valence-electron chi connectivity index (χ0n) is 10.9. The van der Waals surface area contributed by atoms with Gasteiger partial charge in [-0.25, -0.2) is 9.68 Å². The van der Waals surface area contributed by atoms with Gasteiger partial charge in [0, 0.05) is 12.2 Å². The molecule has 1 atom stereocenters. The van der Waals surface area contributed by atoms with Crippen molar-refractivity contribution in [1.82, 2.24) is 0 Å². The first-order chi connectivity index (χ1) is 8.63. The van der Waals surface area contributed by atoms with Crippen molar-refractivity contribution in [3.8, 4) is 5.75 Å². The van der Waals surface area contributed by atoms with Crippen molar-refractivity contribution >= 4 is 5.97 Å². The summed E-state index contributed by atoms with van der Waals surface area (Å²) in [5.41, 5.74) is 0.451. The highest BCUT2D eigenvalue weighted by atomic mass is 17.2. The summed E-state index contributed by atoms with van der Waals surface area (Å²) < 4.78 is 5.30. The molecule has 1 aromatic rings. The minimum absolute atomic E-state index is 0.126. The Bertz CT molecular complexity index is 398. The zero-order chi connectivity index (χ0) is 13.4. The lowest BCUT2D eigenvalue weighted by atomic mass is 10.2. The van der Waals surface area contributed by atoms with Gasteiger partial charge in [0.15, 0.2) is 5.75 Å². The van der Waals surface area contributed by atoms with Gasteiger partial charge in [-0.15, -0.1) is 0 Å². The van der Waals surface area contributed by atoms with E-state index in [9.17, 15) is 4.79 Å². The Labute approximate surface area is 107 Å². The van der Waals surface area contributed by atoms with Gasteiger partial charge >= 0.3 is 5.97 Å². The van der Waals surface area contributed by atoms with E-state index in [0.29, 0.717) is 17.9 Å². The van der Waals surface area contributed by atoms with E-state index in [0.717, 1.165) is 0 Å².